The number of nitrogens with zero attached hydrogens (tertiary/aromatic N) is 2. The maximum atomic E-state index is 5.80. The second-order valence-electron chi connectivity index (χ2n) is 4.18. The smallest absolute Gasteiger partial charge is 0.194 e. The van der Waals surface area contributed by atoms with Crippen molar-refractivity contribution in [3.8, 4) is 0 Å². The molecule has 3 rings (SSSR count). The highest BCUT2D eigenvalue weighted by molar-refractivity contribution is 7.71. The molecular weight excluding hydrogens is 198 g/mol. The molecule has 3 unspecified atom stereocenters. The van der Waals surface area contributed by atoms with Crippen LogP contribution in [0.5, 0.6) is 0 Å². The average molecular weight is 211 g/mol. The van der Waals surface area contributed by atoms with Crippen LogP contribution in [0.25, 0.3) is 0 Å². The fraction of sp³-hybridized carbons (Fsp3) is 0.778. The van der Waals surface area contributed by atoms with Gasteiger partial charge in [0, 0.05) is 12.5 Å². The van der Waals surface area contributed by atoms with Crippen LogP contribution in [0.2, 0.25) is 0 Å². The lowest BCUT2D eigenvalue weighted by molar-refractivity contribution is 0.0898. The van der Waals surface area contributed by atoms with Gasteiger partial charge in [0.25, 0.3) is 0 Å². The lowest BCUT2D eigenvalue weighted by atomic mass is 9.89. The molecule has 1 aromatic heterocycles. The van der Waals surface area contributed by atoms with Crippen molar-refractivity contribution in [2.45, 2.75) is 38.0 Å². The molecule has 2 bridgehead atoms. The van der Waals surface area contributed by atoms with Crippen LogP contribution < -0.4 is 0 Å². The molecule has 5 heteroatoms. The van der Waals surface area contributed by atoms with Gasteiger partial charge in [-0.05, 0) is 31.5 Å². The van der Waals surface area contributed by atoms with Crippen LogP contribution in [0, 0.1) is 10.7 Å². The maximum Gasteiger partial charge on any atom is 0.194 e. The Morgan fingerprint density at radius 2 is 2.57 bits per heavy atom. The molecule has 0 saturated carbocycles. The highest BCUT2D eigenvalue weighted by Gasteiger charge is 2.40. The fourth-order valence-corrected chi connectivity index (χ4v) is 2.76. The van der Waals surface area contributed by atoms with E-state index in [0.717, 1.165) is 6.54 Å². The van der Waals surface area contributed by atoms with E-state index < -0.39 is 0 Å². The molecule has 2 fully saturated rings. The molecule has 2 saturated heterocycles. The summed E-state index contributed by atoms with van der Waals surface area (Å²) < 4.78 is 8.52. The third-order valence-corrected chi connectivity index (χ3v) is 3.61. The molecule has 3 heterocycles. The van der Waals surface area contributed by atoms with Crippen molar-refractivity contribution < 1.29 is 4.74 Å². The van der Waals surface area contributed by atoms with Crippen LogP contribution >= 0.6 is 12.2 Å². The molecule has 0 amide bonds. The molecule has 1 N–H and O–H groups in total. The number of ether oxygens (including phenoxy) is 1. The maximum absolute atomic E-state index is 5.80. The lowest BCUT2D eigenvalue weighted by Gasteiger charge is -2.18. The summed E-state index contributed by atoms with van der Waals surface area (Å²) in [6, 6.07) is 0. The van der Waals surface area contributed by atoms with Gasteiger partial charge in [-0.25, -0.2) is 0 Å². The Balaban J connectivity index is 1.74. The Hall–Kier alpha value is -0.680. The van der Waals surface area contributed by atoms with E-state index in [1.54, 1.807) is 6.33 Å². The molecule has 0 aromatic carbocycles. The number of H-pyrrole nitrogens is 1. The molecule has 14 heavy (non-hydrogen) atoms. The van der Waals surface area contributed by atoms with Gasteiger partial charge < -0.3 is 9.30 Å². The first kappa shape index (κ1) is 8.61. The van der Waals surface area contributed by atoms with Crippen LogP contribution in [0.15, 0.2) is 6.33 Å². The van der Waals surface area contributed by atoms with Gasteiger partial charge >= 0.3 is 0 Å². The zero-order chi connectivity index (χ0) is 9.54. The molecule has 3 atom stereocenters. The van der Waals surface area contributed by atoms with Gasteiger partial charge in [0.15, 0.2) is 4.77 Å². The monoisotopic (exact) mass is 211 g/mol. The molecule has 0 aliphatic carbocycles. The fourth-order valence-electron chi connectivity index (χ4n) is 2.59. The van der Waals surface area contributed by atoms with Crippen molar-refractivity contribution in [2.24, 2.45) is 5.92 Å². The third-order valence-electron chi connectivity index (χ3n) is 3.28. The summed E-state index contributed by atoms with van der Waals surface area (Å²) in [6.07, 6.45) is 6.42. The van der Waals surface area contributed by atoms with E-state index in [1.807, 2.05) is 4.57 Å². The number of aromatic nitrogens is 3. The number of aromatic amines is 1. The van der Waals surface area contributed by atoms with Crippen molar-refractivity contribution in [1.82, 2.24) is 14.8 Å². The van der Waals surface area contributed by atoms with Crippen LogP contribution in [0.4, 0.5) is 0 Å². The summed E-state index contributed by atoms with van der Waals surface area (Å²) in [4.78, 5) is 0. The second-order valence-corrected chi connectivity index (χ2v) is 4.57. The van der Waals surface area contributed by atoms with E-state index in [2.05, 4.69) is 10.2 Å². The predicted molar refractivity (Wildman–Crippen MR) is 53.4 cm³/mol. The summed E-state index contributed by atoms with van der Waals surface area (Å²) in [7, 11) is 0. The number of nitrogens with one attached hydrogen (secondary N) is 1. The zero-order valence-electron chi connectivity index (χ0n) is 7.85. The second kappa shape index (κ2) is 3.17. The first-order valence-electron chi connectivity index (χ1n) is 5.08. The van der Waals surface area contributed by atoms with Crippen molar-refractivity contribution in [3.63, 3.8) is 0 Å². The van der Waals surface area contributed by atoms with E-state index in [0.29, 0.717) is 22.9 Å². The summed E-state index contributed by atoms with van der Waals surface area (Å²) in [5.41, 5.74) is 0. The molecule has 0 spiro atoms. The van der Waals surface area contributed by atoms with Crippen LogP contribution in [0.3, 0.4) is 0 Å². The Morgan fingerprint density at radius 1 is 1.64 bits per heavy atom. The first-order valence-corrected chi connectivity index (χ1v) is 5.49. The predicted octanol–water partition coefficient (Wildman–Crippen LogP) is 1.51. The molecule has 2 aliphatic heterocycles. The molecule has 1 aromatic rings. The van der Waals surface area contributed by atoms with Gasteiger partial charge in [-0.3, -0.25) is 5.10 Å². The zero-order valence-corrected chi connectivity index (χ0v) is 8.67. The van der Waals surface area contributed by atoms with Crippen molar-refractivity contribution >= 4 is 12.2 Å². The number of rotatable bonds is 2. The molecule has 4 nitrogen and oxygen atoms in total. The minimum Gasteiger partial charge on any atom is -0.375 e. The molecule has 0 radical (unpaired) electrons. The van der Waals surface area contributed by atoms with E-state index >= 15 is 0 Å². The van der Waals surface area contributed by atoms with E-state index in [9.17, 15) is 0 Å². The van der Waals surface area contributed by atoms with Crippen LogP contribution in [-0.2, 0) is 11.3 Å². The SMILES string of the molecule is S=c1[nH]ncn1CC1CC2CCC1O2. The van der Waals surface area contributed by atoms with Crippen molar-refractivity contribution in [2.75, 3.05) is 0 Å². The molecule has 2 aliphatic rings. The Labute approximate surface area is 87.3 Å². The number of fused-ring (bicyclic) bond motifs is 2. The number of hydrogen-bond acceptors (Lipinski definition) is 3. The quantitative estimate of drug-likeness (QED) is 0.754. The van der Waals surface area contributed by atoms with Gasteiger partial charge in [0.2, 0.25) is 0 Å². The highest BCUT2D eigenvalue weighted by atomic mass is 32.1. The van der Waals surface area contributed by atoms with Gasteiger partial charge in [-0.15, -0.1) is 0 Å². The average Bonchev–Trinajstić information content (AvgIpc) is 2.83. The van der Waals surface area contributed by atoms with Crippen LogP contribution in [-0.4, -0.2) is 27.0 Å². The normalized spacial score (nSPS) is 35.3. The Bertz CT molecular complexity index is 385. The summed E-state index contributed by atoms with van der Waals surface area (Å²) >= 11 is 5.11. The Kier molecular flexibility index (Phi) is 1.95. The van der Waals surface area contributed by atoms with Crippen LogP contribution in [0.1, 0.15) is 19.3 Å². The summed E-state index contributed by atoms with van der Waals surface area (Å²) in [5, 5.41) is 6.69. The van der Waals surface area contributed by atoms with Gasteiger partial charge in [-0.1, -0.05) is 0 Å². The molecular formula is C9H13N3OS. The van der Waals surface area contributed by atoms with Gasteiger partial charge in [0.1, 0.15) is 6.33 Å². The van der Waals surface area contributed by atoms with Gasteiger partial charge in [0.05, 0.1) is 12.2 Å². The Morgan fingerprint density at radius 3 is 3.14 bits per heavy atom. The van der Waals surface area contributed by atoms with E-state index in [4.69, 9.17) is 17.0 Å². The first-order chi connectivity index (χ1) is 6.83. The third kappa shape index (κ3) is 1.31. The number of hydrogen-bond donors (Lipinski definition) is 1. The minimum absolute atomic E-state index is 0.469. The summed E-state index contributed by atoms with van der Waals surface area (Å²) in [6.45, 7) is 0.955. The lowest BCUT2D eigenvalue weighted by Crippen LogP contribution is -2.21. The molecule has 76 valence electrons. The standard InChI is InChI=1S/C9H13N3OS/c14-9-11-10-5-12(9)4-6-3-7-1-2-8(6)13-7/h5-8H,1-4H2,(H,11,14). The highest BCUT2D eigenvalue weighted by Crippen LogP contribution is 2.39. The van der Waals surface area contributed by atoms with Crippen molar-refractivity contribution in [3.05, 3.63) is 11.1 Å². The largest absolute Gasteiger partial charge is 0.375 e. The summed E-state index contributed by atoms with van der Waals surface area (Å²) in [5.74, 6) is 0.637. The van der Waals surface area contributed by atoms with E-state index in [1.165, 1.54) is 19.3 Å². The van der Waals surface area contributed by atoms with E-state index in [-0.39, 0.29) is 0 Å². The minimum atomic E-state index is 0.469. The van der Waals surface area contributed by atoms with Gasteiger partial charge in [-0.2, -0.15) is 5.10 Å². The van der Waals surface area contributed by atoms with Crippen molar-refractivity contribution in [1.29, 1.82) is 0 Å². The topological polar surface area (TPSA) is 42.8 Å².